The molecule has 0 aliphatic heterocycles. The van der Waals surface area contributed by atoms with Crippen molar-refractivity contribution in [3.63, 3.8) is 0 Å². The Morgan fingerprint density at radius 1 is 0.491 bits per heavy atom. The van der Waals surface area contributed by atoms with E-state index in [1.807, 2.05) is 24.3 Å². The molecule has 0 saturated carbocycles. The summed E-state index contributed by atoms with van der Waals surface area (Å²) < 4.78 is 114. The van der Waals surface area contributed by atoms with Crippen LogP contribution in [0, 0.1) is 57.0 Å². The molecule has 4 aromatic rings. The molecule has 6 nitrogen and oxygen atoms in total. The maximum absolute atomic E-state index is 15.2. The number of allylic oxidation sites excluding steroid dienone is 8. The lowest BCUT2D eigenvalue weighted by atomic mass is 9.89. The minimum Gasteiger partial charge on any atom is -0.406 e. The Kier molecular flexibility index (Phi) is 7.93. The SMILES string of the molecule is N#CC(C#N)=C1C2=C(C3=C(C2)C(=C(C#N)C#N)c2cc(-c4ccc(OC(F)(F)F)cc4F)ccc23)c2ccc(-c3ccc(OC(F)(F)F)cc3F)cc21. The lowest BCUT2D eigenvalue weighted by molar-refractivity contribution is -0.275. The molecule has 0 fully saturated rings. The van der Waals surface area contributed by atoms with Gasteiger partial charge in [-0.25, -0.2) is 8.78 Å². The minimum absolute atomic E-state index is 0.0265. The average Bonchev–Trinajstić information content (AvgIpc) is 3.71. The summed E-state index contributed by atoms with van der Waals surface area (Å²) in [5.74, 6) is -3.60. The largest absolute Gasteiger partial charge is 0.573 e. The summed E-state index contributed by atoms with van der Waals surface area (Å²) in [6.45, 7) is 0. The van der Waals surface area contributed by atoms with Crippen LogP contribution in [0.3, 0.4) is 0 Å². The lowest BCUT2D eigenvalue weighted by Gasteiger charge is -2.14. The molecule has 0 radical (unpaired) electrons. The summed E-state index contributed by atoms with van der Waals surface area (Å²) in [4.78, 5) is 0. The van der Waals surface area contributed by atoms with Gasteiger partial charge in [-0.05, 0) is 92.1 Å². The van der Waals surface area contributed by atoms with E-state index >= 15 is 8.78 Å². The highest BCUT2D eigenvalue weighted by atomic mass is 19.4. The monoisotopic (exact) mass is 722 g/mol. The molecule has 0 heterocycles. The Balaban J connectivity index is 1.38. The Labute approximate surface area is 293 Å². The Bertz CT molecular complexity index is 2420. The fourth-order valence-electron chi connectivity index (χ4n) is 6.97. The fraction of sp³-hybridized carbons (Fsp3) is 0.0769. The number of benzene rings is 4. The molecule has 0 unspecified atom stereocenters. The molecule has 0 spiro atoms. The van der Waals surface area contributed by atoms with Crippen molar-refractivity contribution in [2.24, 2.45) is 0 Å². The molecular formula is C39H14F8N4O2. The second-order valence-corrected chi connectivity index (χ2v) is 11.7. The van der Waals surface area contributed by atoms with E-state index in [2.05, 4.69) is 9.47 Å². The summed E-state index contributed by atoms with van der Waals surface area (Å²) in [5.41, 5.74) is 3.90. The highest BCUT2D eigenvalue weighted by molar-refractivity contribution is 6.27. The Morgan fingerprint density at radius 3 is 1.17 bits per heavy atom. The van der Waals surface area contributed by atoms with Gasteiger partial charge in [-0.15, -0.1) is 26.3 Å². The summed E-state index contributed by atoms with van der Waals surface area (Å²) >= 11 is 0. The number of ether oxygens (including phenoxy) is 2. The van der Waals surface area contributed by atoms with Crippen LogP contribution < -0.4 is 9.47 Å². The Hall–Kier alpha value is -7.16. The topological polar surface area (TPSA) is 114 Å². The fourth-order valence-corrected chi connectivity index (χ4v) is 6.97. The van der Waals surface area contributed by atoms with Crippen LogP contribution in [0.4, 0.5) is 35.1 Å². The number of alkyl halides is 6. The van der Waals surface area contributed by atoms with Crippen LogP contribution in [-0.2, 0) is 0 Å². The highest BCUT2D eigenvalue weighted by Crippen LogP contribution is 2.62. The molecule has 0 aromatic heterocycles. The van der Waals surface area contributed by atoms with Gasteiger partial charge in [-0.1, -0.05) is 24.3 Å². The zero-order valence-electron chi connectivity index (χ0n) is 26.3. The van der Waals surface area contributed by atoms with Crippen molar-refractivity contribution >= 4 is 22.3 Å². The molecule has 258 valence electrons. The van der Waals surface area contributed by atoms with Gasteiger partial charge in [0.1, 0.15) is 58.6 Å². The maximum Gasteiger partial charge on any atom is 0.573 e. The standard InChI is InChI=1S/C39H14F8N4O2/c40-32-11-22(52-38(42,43)44)3-7-24(32)18-1-5-26-28(9-18)34(20(14-48)15-49)30-13-31-35(21(16-50)17-51)29-10-19(2-6-27(29)37(31)36(26)30)25-8-4-23(12-33(25)41)53-39(45,46)47/h1-12H,13H2. The normalized spacial score (nSPS) is 14.0. The molecule has 0 saturated heterocycles. The van der Waals surface area contributed by atoms with E-state index in [1.165, 1.54) is 24.3 Å². The molecule has 0 bridgehead atoms. The predicted molar refractivity (Wildman–Crippen MR) is 172 cm³/mol. The van der Waals surface area contributed by atoms with E-state index < -0.39 is 35.9 Å². The van der Waals surface area contributed by atoms with Crippen molar-refractivity contribution in [1.29, 1.82) is 21.0 Å². The number of nitrogens with zero attached hydrogens (tertiary/aromatic N) is 4. The summed E-state index contributed by atoms with van der Waals surface area (Å²) in [6.07, 6.45) is -10.1. The van der Waals surface area contributed by atoms with Gasteiger partial charge in [0.05, 0.1) is 0 Å². The van der Waals surface area contributed by atoms with Gasteiger partial charge < -0.3 is 9.47 Å². The average molecular weight is 723 g/mol. The van der Waals surface area contributed by atoms with Gasteiger partial charge in [0.2, 0.25) is 0 Å². The summed E-state index contributed by atoms with van der Waals surface area (Å²) in [7, 11) is 0. The maximum atomic E-state index is 15.2. The number of rotatable bonds is 4. The van der Waals surface area contributed by atoms with E-state index in [0.717, 1.165) is 24.3 Å². The molecule has 14 heteroatoms. The first-order valence-corrected chi connectivity index (χ1v) is 15.1. The van der Waals surface area contributed by atoms with Crippen LogP contribution >= 0.6 is 0 Å². The lowest BCUT2D eigenvalue weighted by Crippen LogP contribution is -2.17. The second-order valence-electron chi connectivity index (χ2n) is 11.7. The first-order chi connectivity index (χ1) is 25.2. The van der Waals surface area contributed by atoms with E-state index in [9.17, 15) is 47.4 Å². The van der Waals surface area contributed by atoms with Gasteiger partial charge in [0, 0.05) is 40.8 Å². The molecule has 4 aromatic carbocycles. The molecule has 0 N–H and O–H groups in total. The van der Waals surface area contributed by atoms with Crippen LogP contribution in [0.25, 0.3) is 44.5 Å². The van der Waals surface area contributed by atoms with Crippen LogP contribution in [0.5, 0.6) is 11.5 Å². The van der Waals surface area contributed by atoms with Crippen LogP contribution in [0.2, 0.25) is 0 Å². The summed E-state index contributed by atoms with van der Waals surface area (Å²) in [6, 6.07) is 22.0. The number of hydrogen-bond donors (Lipinski definition) is 0. The van der Waals surface area contributed by atoms with Crippen LogP contribution in [-0.4, -0.2) is 12.7 Å². The summed E-state index contributed by atoms with van der Waals surface area (Å²) in [5, 5.41) is 39.9. The van der Waals surface area contributed by atoms with E-state index in [-0.39, 0.29) is 51.0 Å². The molecule has 0 atom stereocenters. The third kappa shape index (κ3) is 5.83. The quantitative estimate of drug-likeness (QED) is 0.153. The van der Waals surface area contributed by atoms with Crippen molar-refractivity contribution in [3.8, 4) is 58.0 Å². The van der Waals surface area contributed by atoms with Crippen LogP contribution in [0.15, 0.2) is 95.1 Å². The molecule has 0 amide bonds. The van der Waals surface area contributed by atoms with Crippen molar-refractivity contribution in [2.45, 2.75) is 19.1 Å². The van der Waals surface area contributed by atoms with E-state index in [0.29, 0.717) is 56.7 Å². The van der Waals surface area contributed by atoms with Crippen LogP contribution in [0.1, 0.15) is 28.7 Å². The van der Waals surface area contributed by atoms with Crippen molar-refractivity contribution < 1.29 is 44.6 Å². The first kappa shape index (κ1) is 34.3. The molecular weight excluding hydrogens is 708 g/mol. The smallest absolute Gasteiger partial charge is 0.406 e. The third-order valence-corrected chi connectivity index (χ3v) is 8.84. The number of hydrogen-bond acceptors (Lipinski definition) is 6. The first-order valence-electron chi connectivity index (χ1n) is 15.1. The van der Waals surface area contributed by atoms with Crippen molar-refractivity contribution in [1.82, 2.24) is 0 Å². The second kappa shape index (κ2) is 12.3. The number of nitriles is 4. The van der Waals surface area contributed by atoms with E-state index in [4.69, 9.17) is 0 Å². The number of fused-ring (bicyclic) bond motifs is 5. The molecule has 3 aliphatic carbocycles. The zero-order chi connectivity index (χ0) is 38.0. The Morgan fingerprint density at radius 2 is 0.849 bits per heavy atom. The predicted octanol–water partition coefficient (Wildman–Crippen LogP) is 10.3. The van der Waals surface area contributed by atoms with Gasteiger partial charge in [-0.3, -0.25) is 0 Å². The molecule has 3 aliphatic rings. The molecule has 7 rings (SSSR count). The van der Waals surface area contributed by atoms with Crippen molar-refractivity contribution in [3.05, 3.63) is 129 Å². The minimum atomic E-state index is -5.04. The van der Waals surface area contributed by atoms with Gasteiger partial charge in [0.25, 0.3) is 0 Å². The zero-order valence-corrected chi connectivity index (χ0v) is 26.3. The van der Waals surface area contributed by atoms with Gasteiger partial charge in [-0.2, -0.15) is 21.0 Å². The van der Waals surface area contributed by atoms with Crippen molar-refractivity contribution in [2.75, 3.05) is 0 Å². The third-order valence-electron chi connectivity index (χ3n) is 8.84. The van der Waals surface area contributed by atoms with Gasteiger partial charge in [0.15, 0.2) is 0 Å². The van der Waals surface area contributed by atoms with Gasteiger partial charge >= 0.3 is 12.7 Å². The number of halogens is 8. The molecule has 53 heavy (non-hydrogen) atoms. The van der Waals surface area contributed by atoms with E-state index in [1.54, 1.807) is 12.1 Å². The highest BCUT2D eigenvalue weighted by Gasteiger charge is 2.43.